The Morgan fingerprint density at radius 2 is 1.83 bits per heavy atom. The molecule has 2 heterocycles. The fourth-order valence-corrected chi connectivity index (χ4v) is 3.04. The number of rotatable bonds is 2. The molecule has 3 aromatic rings. The van der Waals surface area contributed by atoms with Crippen LogP contribution in [0.1, 0.15) is 11.7 Å². The van der Waals surface area contributed by atoms with Gasteiger partial charge in [-0.25, -0.2) is 0 Å². The maximum absolute atomic E-state index is 5.93. The van der Waals surface area contributed by atoms with Crippen molar-refractivity contribution < 1.29 is 4.74 Å². The predicted molar refractivity (Wildman–Crippen MR) is 91.2 cm³/mol. The molecule has 1 aliphatic heterocycles. The van der Waals surface area contributed by atoms with Gasteiger partial charge >= 0.3 is 0 Å². The zero-order valence-corrected chi connectivity index (χ0v) is 13.1. The third-order valence-electron chi connectivity index (χ3n) is 4.33. The Balaban J connectivity index is 1.69. The molecule has 0 bridgehead atoms. The van der Waals surface area contributed by atoms with Gasteiger partial charge in [0.1, 0.15) is 0 Å². The van der Waals surface area contributed by atoms with Crippen LogP contribution in [0.4, 0.5) is 0 Å². The van der Waals surface area contributed by atoms with Crippen LogP contribution in [0.2, 0.25) is 0 Å². The highest BCUT2D eigenvalue weighted by atomic mass is 16.5. The third-order valence-corrected chi connectivity index (χ3v) is 4.33. The van der Waals surface area contributed by atoms with Crippen molar-refractivity contribution in [2.75, 3.05) is 26.7 Å². The van der Waals surface area contributed by atoms with Crippen molar-refractivity contribution in [2.24, 2.45) is 0 Å². The number of morpholine rings is 1. The van der Waals surface area contributed by atoms with Crippen molar-refractivity contribution in [1.82, 2.24) is 14.9 Å². The van der Waals surface area contributed by atoms with E-state index in [9.17, 15) is 0 Å². The second kappa shape index (κ2) is 6.07. The lowest BCUT2D eigenvalue weighted by atomic mass is 9.99. The van der Waals surface area contributed by atoms with Gasteiger partial charge in [-0.1, -0.05) is 24.3 Å². The van der Waals surface area contributed by atoms with Gasteiger partial charge in [-0.2, -0.15) is 0 Å². The Bertz CT molecular complexity index is 833. The van der Waals surface area contributed by atoms with E-state index in [1.165, 1.54) is 11.1 Å². The molecule has 0 amide bonds. The van der Waals surface area contributed by atoms with Crippen LogP contribution in [0, 0.1) is 0 Å². The van der Waals surface area contributed by atoms with Gasteiger partial charge in [0.05, 0.1) is 23.7 Å². The summed E-state index contributed by atoms with van der Waals surface area (Å²) < 4.78 is 5.93. The largest absolute Gasteiger partial charge is 0.371 e. The van der Waals surface area contributed by atoms with E-state index >= 15 is 0 Å². The van der Waals surface area contributed by atoms with Crippen molar-refractivity contribution in [3.05, 3.63) is 60.4 Å². The number of likely N-dealkylation sites (N-methyl/N-ethyl adjacent to an activating group) is 1. The first-order valence-corrected chi connectivity index (χ1v) is 7.91. The van der Waals surface area contributed by atoms with Crippen LogP contribution in [0.25, 0.3) is 22.2 Å². The molecule has 0 saturated carbocycles. The van der Waals surface area contributed by atoms with Gasteiger partial charge in [-0.15, -0.1) is 0 Å². The second-order valence-electron chi connectivity index (χ2n) is 6.01. The zero-order chi connectivity index (χ0) is 15.6. The molecule has 0 spiro atoms. The minimum atomic E-state index is 0.147. The van der Waals surface area contributed by atoms with Crippen LogP contribution < -0.4 is 0 Å². The summed E-state index contributed by atoms with van der Waals surface area (Å²) in [6, 6.07) is 14.8. The van der Waals surface area contributed by atoms with E-state index in [4.69, 9.17) is 4.74 Å². The Morgan fingerprint density at radius 3 is 2.70 bits per heavy atom. The SMILES string of the molecule is CN1CCOC(c2cccc(-c3ccc4nccnc4c3)c2)C1. The van der Waals surface area contributed by atoms with Crippen molar-refractivity contribution in [3.8, 4) is 11.1 Å². The van der Waals surface area contributed by atoms with E-state index in [0.29, 0.717) is 0 Å². The number of ether oxygens (including phenoxy) is 1. The fraction of sp³-hybridized carbons (Fsp3) is 0.263. The van der Waals surface area contributed by atoms with Crippen LogP contribution in [-0.2, 0) is 4.74 Å². The molecule has 0 N–H and O–H groups in total. The minimum absolute atomic E-state index is 0.147. The molecule has 1 unspecified atom stereocenters. The molecule has 4 heteroatoms. The first kappa shape index (κ1) is 14.3. The molecule has 1 aromatic heterocycles. The summed E-state index contributed by atoms with van der Waals surface area (Å²) in [5.74, 6) is 0. The maximum atomic E-state index is 5.93. The van der Waals surface area contributed by atoms with Crippen molar-refractivity contribution in [1.29, 1.82) is 0 Å². The Labute approximate surface area is 135 Å². The fourth-order valence-electron chi connectivity index (χ4n) is 3.04. The maximum Gasteiger partial charge on any atom is 0.0952 e. The van der Waals surface area contributed by atoms with Gasteiger partial charge in [0.25, 0.3) is 0 Å². The summed E-state index contributed by atoms with van der Waals surface area (Å²) in [7, 11) is 2.14. The summed E-state index contributed by atoms with van der Waals surface area (Å²) in [6.45, 7) is 2.73. The molecule has 23 heavy (non-hydrogen) atoms. The van der Waals surface area contributed by atoms with Crippen molar-refractivity contribution >= 4 is 11.0 Å². The molecule has 1 fully saturated rings. The Kier molecular flexibility index (Phi) is 3.77. The highest BCUT2D eigenvalue weighted by Crippen LogP contribution is 2.28. The lowest BCUT2D eigenvalue weighted by Crippen LogP contribution is -2.35. The monoisotopic (exact) mass is 305 g/mol. The van der Waals surface area contributed by atoms with E-state index in [1.54, 1.807) is 12.4 Å². The second-order valence-corrected chi connectivity index (χ2v) is 6.01. The topological polar surface area (TPSA) is 38.2 Å². The molecule has 1 saturated heterocycles. The molecular weight excluding hydrogens is 286 g/mol. The average molecular weight is 305 g/mol. The van der Waals surface area contributed by atoms with E-state index < -0.39 is 0 Å². The number of benzene rings is 2. The number of hydrogen-bond donors (Lipinski definition) is 0. The summed E-state index contributed by atoms with van der Waals surface area (Å²) in [5, 5.41) is 0. The van der Waals surface area contributed by atoms with Crippen LogP contribution in [0.5, 0.6) is 0 Å². The number of nitrogens with zero attached hydrogens (tertiary/aromatic N) is 3. The van der Waals surface area contributed by atoms with Crippen molar-refractivity contribution in [3.63, 3.8) is 0 Å². The predicted octanol–water partition coefficient (Wildman–Crippen LogP) is 3.30. The summed E-state index contributed by atoms with van der Waals surface area (Å²) in [5.41, 5.74) is 5.41. The Morgan fingerprint density at radius 1 is 1.00 bits per heavy atom. The lowest BCUT2D eigenvalue weighted by molar-refractivity contribution is -0.0208. The smallest absolute Gasteiger partial charge is 0.0952 e. The van der Waals surface area contributed by atoms with Gasteiger partial charge in [-0.05, 0) is 41.9 Å². The Hall–Kier alpha value is -2.30. The molecule has 0 aliphatic carbocycles. The summed E-state index contributed by atoms with van der Waals surface area (Å²) in [6.07, 6.45) is 3.60. The van der Waals surface area contributed by atoms with E-state index in [-0.39, 0.29) is 6.10 Å². The molecule has 1 atom stereocenters. The van der Waals surface area contributed by atoms with E-state index in [0.717, 1.165) is 36.3 Å². The van der Waals surface area contributed by atoms with Crippen LogP contribution in [-0.4, -0.2) is 41.6 Å². The molecule has 116 valence electrons. The molecule has 0 radical (unpaired) electrons. The first-order valence-electron chi connectivity index (χ1n) is 7.91. The van der Waals surface area contributed by atoms with Crippen LogP contribution in [0.15, 0.2) is 54.9 Å². The minimum Gasteiger partial charge on any atom is -0.371 e. The van der Waals surface area contributed by atoms with Crippen LogP contribution in [0.3, 0.4) is 0 Å². The van der Waals surface area contributed by atoms with Gasteiger partial charge in [0.2, 0.25) is 0 Å². The molecule has 4 nitrogen and oxygen atoms in total. The lowest BCUT2D eigenvalue weighted by Gasteiger charge is -2.30. The van der Waals surface area contributed by atoms with Crippen LogP contribution >= 0.6 is 0 Å². The average Bonchev–Trinajstić information content (AvgIpc) is 2.61. The van der Waals surface area contributed by atoms with Gasteiger partial charge in [0.15, 0.2) is 0 Å². The first-order chi connectivity index (χ1) is 11.3. The van der Waals surface area contributed by atoms with Gasteiger partial charge in [-0.3, -0.25) is 9.97 Å². The molecule has 4 rings (SSSR count). The summed E-state index contributed by atoms with van der Waals surface area (Å²) >= 11 is 0. The standard InChI is InChI=1S/C19H19N3O/c1-22-9-10-23-19(13-22)16-4-2-3-14(11-16)15-5-6-17-18(12-15)21-8-7-20-17/h2-8,11-12,19H,9-10,13H2,1H3. The number of fused-ring (bicyclic) bond motifs is 1. The molecule has 2 aromatic carbocycles. The third kappa shape index (κ3) is 2.96. The molecule has 1 aliphatic rings. The highest BCUT2D eigenvalue weighted by Gasteiger charge is 2.19. The summed E-state index contributed by atoms with van der Waals surface area (Å²) in [4.78, 5) is 11.0. The van der Waals surface area contributed by atoms with Gasteiger partial charge < -0.3 is 9.64 Å². The number of hydrogen-bond acceptors (Lipinski definition) is 4. The van der Waals surface area contributed by atoms with E-state index in [1.807, 2.05) is 6.07 Å². The quantitative estimate of drug-likeness (QED) is 0.728. The van der Waals surface area contributed by atoms with Gasteiger partial charge in [0, 0.05) is 25.5 Å². The zero-order valence-electron chi connectivity index (χ0n) is 13.1. The molecular formula is C19H19N3O. The van der Waals surface area contributed by atoms with E-state index in [2.05, 4.69) is 58.3 Å². The van der Waals surface area contributed by atoms with Crippen molar-refractivity contribution in [2.45, 2.75) is 6.10 Å². The normalized spacial score (nSPS) is 19.1. The highest BCUT2D eigenvalue weighted by molar-refractivity contribution is 5.81. The number of aromatic nitrogens is 2.